The summed E-state index contributed by atoms with van der Waals surface area (Å²) in [5.74, 6) is 0. The van der Waals surface area contributed by atoms with E-state index in [1.54, 1.807) is 4.90 Å². The molecule has 6 nitrogen and oxygen atoms in total. The topological polar surface area (TPSA) is 56.3 Å². The standard InChI is InChI=1S/C16H33N3O3/c1-4-7-12-22-16(21)19-10-8-18(9-11-19)14-15(20)13-17(5-2)6-3/h15,20H,4-14H2,1-3H3/t15-/m0/s1. The Balaban J connectivity index is 2.23. The Morgan fingerprint density at radius 1 is 1.18 bits per heavy atom. The summed E-state index contributed by atoms with van der Waals surface area (Å²) < 4.78 is 5.23. The number of carbonyl (C=O) groups is 1. The first-order valence-electron chi connectivity index (χ1n) is 8.65. The minimum absolute atomic E-state index is 0.197. The Kier molecular flexibility index (Phi) is 9.43. The molecule has 1 rings (SSSR count). The van der Waals surface area contributed by atoms with Crippen molar-refractivity contribution < 1.29 is 14.6 Å². The number of aliphatic hydroxyl groups is 1. The van der Waals surface area contributed by atoms with Gasteiger partial charge in [-0.3, -0.25) is 4.90 Å². The Hall–Kier alpha value is -0.850. The van der Waals surface area contributed by atoms with Gasteiger partial charge < -0.3 is 19.6 Å². The summed E-state index contributed by atoms with van der Waals surface area (Å²) in [4.78, 5) is 18.1. The first-order chi connectivity index (χ1) is 10.6. The number of ether oxygens (including phenoxy) is 1. The van der Waals surface area contributed by atoms with Crippen LogP contribution in [0.4, 0.5) is 4.79 Å². The smallest absolute Gasteiger partial charge is 0.409 e. The Bertz CT molecular complexity index is 303. The summed E-state index contributed by atoms with van der Waals surface area (Å²) in [6, 6.07) is 0. The monoisotopic (exact) mass is 315 g/mol. The number of nitrogens with zero attached hydrogens (tertiary/aromatic N) is 3. The van der Waals surface area contributed by atoms with Gasteiger partial charge in [-0.2, -0.15) is 0 Å². The lowest BCUT2D eigenvalue weighted by Gasteiger charge is -2.35. The quantitative estimate of drug-likeness (QED) is 0.649. The molecule has 1 aliphatic heterocycles. The number of likely N-dealkylation sites (N-methyl/N-ethyl adjacent to an activating group) is 1. The van der Waals surface area contributed by atoms with Crippen molar-refractivity contribution in [2.24, 2.45) is 0 Å². The van der Waals surface area contributed by atoms with Crippen molar-refractivity contribution in [1.29, 1.82) is 0 Å². The molecule has 1 aliphatic rings. The number of rotatable bonds is 9. The summed E-state index contributed by atoms with van der Waals surface area (Å²) in [6.07, 6.45) is 1.43. The predicted molar refractivity (Wildman–Crippen MR) is 88.1 cm³/mol. The van der Waals surface area contributed by atoms with E-state index in [1.807, 2.05) is 0 Å². The molecule has 0 bridgehead atoms. The fourth-order valence-electron chi connectivity index (χ4n) is 2.64. The highest BCUT2D eigenvalue weighted by molar-refractivity contribution is 5.67. The van der Waals surface area contributed by atoms with Crippen LogP contribution in [0.1, 0.15) is 33.6 Å². The van der Waals surface area contributed by atoms with Crippen LogP contribution < -0.4 is 0 Å². The molecule has 0 unspecified atom stereocenters. The van der Waals surface area contributed by atoms with Crippen LogP contribution in [0.3, 0.4) is 0 Å². The number of carbonyl (C=O) groups excluding carboxylic acids is 1. The molecule has 0 aromatic carbocycles. The lowest BCUT2D eigenvalue weighted by Crippen LogP contribution is -2.51. The molecule has 0 aromatic rings. The minimum atomic E-state index is -0.331. The minimum Gasteiger partial charge on any atom is -0.449 e. The van der Waals surface area contributed by atoms with Crippen molar-refractivity contribution in [3.05, 3.63) is 0 Å². The number of unbranched alkanes of at least 4 members (excludes halogenated alkanes) is 1. The van der Waals surface area contributed by atoms with E-state index in [0.29, 0.717) is 32.8 Å². The lowest BCUT2D eigenvalue weighted by molar-refractivity contribution is 0.0443. The summed E-state index contributed by atoms with van der Waals surface area (Å²) in [6.45, 7) is 13.1. The fraction of sp³-hybridized carbons (Fsp3) is 0.938. The van der Waals surface area contributed by atoms with Crippen molar-refractivity contribution in [1.82, 2.24) is 14.7 Å². The summed E-state index contributed by atoms with van der Waals surface area (Å²) in [7, 11) is 0. The molecule has 0 aromatic heterocycles. The van der Waals surface area contributed by atoms with Crippen LogP contribution in [0.5, 0.6) is 0 Å². The van der Waals surface area contributed by atoms with E-state index in [-0.39, 0.29) is 12.2 Å². The molecule has 130 valence electrons. The Morgan fingerprint density at radius 2 is 1.82 bits per heavy atom. The van der Waals surface area contributed by atoms with E-state index < -0.39 is 0 Å². The molecule has 22 heavy (non-hydrogen) atoms. The van der Waals surface area contributed by atoms with Crippen molar-refractivity contribution >= 4 is 6.09 Å². The molecule has 1 heterocycles. The van der Waals surface area contributed by atoms with Crippen LogP contribution in [-0.2, 0) is 4.74 Å². The zero-order valence-corrected chi connectivity index (χ0v) is 14.5. The lowest BCUT2D eigenvalue weighted by atomic mass is 10.2. The largest absolute Gasteiger partial charge is 0.449 e. The maximum Gasteiger partial charge on any atom is 0.409 e. The first-order valence-corrected chi connectivity index (χ1v) is 8.65. The molecule has 0 saturated carbocycles. The number of β-amino-alcohol motifs (C(OH)–C–C–N with tert-alkyl or cyclic N) is 1. The molecular formula is C16H33N3O3. The normalized spacial score (nSPS) is 17.8. The maximum absolute atomic E-state index is 11.9. The molecule has 0 radical (unpaired) electrons. The van der Waals surface area contributed by atoms with E-state index in [2.05, 4.69) is 30.6 Å². The van der Waals surface area contributed by atoms with Gasteiger partial charge in [-0.05, 0) is 19.5 Å². The van der Waals surface area contributed by atoms with Gasteiger partial charge >= 0.3 is 6.09 Å². The van der Waals surface area contributed by atoms with E-state index in [0.717, 1.165) is 39.0 Å². The zero-order chi connectivity index (χ0) is 16.4. The van der Waals surface area contributed by atoms with Crippen LogP contribution in [0.15, 0.2) is 0 Å². The van der Waals surface area contributed by atoms with Gasteiger partial charge in [-0.15, -0.1) is 0 Å². The average Bonchev–Trinajstić information content (AvgIpc) is 2.53. The Labute approximate surface area is 135 Å². The second-order valence-electron chi connectivity index (χ2n) is 5.90. The maximum atomic E-state index is 11.9. The molecular weight excluding hydrogens is 282 g/mol. The summed E-state index contributed by atoms with van der Waals surface area (Å²) in [5.41, 5.74) is 0. The van der Waals surface area contributed by atoms with Gasteiger partial charge in [0.1, 0.15) is 0 Å². The molecule has 1 saturated heterocycles. The van der Waals surface area contributed by atoms with Crippen molar-refractivity contribution in [2.75, 3.05) is 59.0 Å². The van der Waals surface area contributed by atoms with Crippen LogP contribution in [0.2, 0.25) is 0 Å². The SMILES string of the molecule is CCCCOC(=O)N1CCN(C[C@@H](O)CN(CC)CC)CC1. The third-order valence-electron chi connectivity index (χ3n) is 4.19. The van der Waals surface area contributed by atoms with Gasteiger partial charge in [-0.25, -0.2) is 4.79 Å². The predicted octanol–water partition coefficient (Wildman–Crippen LogP) is 1.24. The van der Waals surface area contributed by atoms with Gasteiger partial charge in [0.05, 0.1) is 12.7 Å². The molecule has 1 fully saturated rings. The van der Waals surface area contributed by atoms with Crippen LogP contribution in [0, 0.1) is 0 Å². The summed E-state index contributed by atoms with van der Waals surface area (Å²) in [5, 5.41) is 10.2. The van der Waals surface area contributed by atoms with Gasteiger partial charge in [0, 0.05) is 39.3 Å². The van der Waals surface area contributed by atoms with Crippen LogP contribution in [-0.4, -0.2) is 91.0 Å². The van der Waals surface area contributed by atoms with Crippen molar-refractivity contribution in [2.45, 2.75) is 39.7 Å². The van der Waals surface area contributed by atoms with Gasteiger partial charge in [-0.1, -0.05) is 27.2 Å². The van der Waals surface area contributed by atoms with Crippen LogP contribution >= 0.6 is 0 Å². The number of amides is 1. The van der Waals surface area contributed by atoms with Crippen LogP contribution in [0.25, 0.3) is 0 Å². The van der Waals surface area contributed by atoms with Gasteiger partial charge in [0.2, 0.25) is 0 Å². The highest BCUT2D eigenvalue weighted by Gasteiger charge is 2.23. The number of hydrogen-bond acceptors (Lipinski definition) is 5. The fourth-order valence-corrected chi connectivity index (χ4v) is 2.64. The second kappa shape index (κ2) is 10.8. The molecule has 6 heteroatoms. The molecule has 0 spiro atoms. The molecule has 0 aliphatic carbocycles. The van der Waals surface area contributed by atoms with Crippen molar-refractivity contribution in [3.8, 4) is 0 Å². The van der Waals surface area contributed by atoms with E-state index in [9.17, 15) is 9.90 Å². The third kappa shape index (κ3) is 6.94. The van der Waals surface area contributed by atoms with E-state index in [1.165, 1.54) is 0 Å². The highest BCUT2D eigenvalue weighted by atomic mass is 16.6. The zero-order valence-electron chi connectivity index (χ0n) is 14.5. The number of hydrogen-bond donors (Lipinski definition) is 1. The Morgan fingerprint density at radius 3 is 2.36 bits per heavy atom. The highest BCUT2D eigenvalue weighted by Crippen LogP contribution is 2.06. The van der Waals surface area contributed by atoms with Gasteiger partial charge in [0.15, 0.2) is 0 Å². The van der Waals surface area contributed by atoms with E-state index in [4.69, 9.17) is 4.74 Å². The second-order valence-corrected chi connectivity index (χ2v) is 5.90. The van der Waals surface area contributed by atoms with E-state index >= 15 is 0 Å². The van der Waals surface area contributed by atoms with Gasteiger partial charge in [0.25, 0.3) is 0 Å². The number of aliphatic hydroxyl groups excluding tert-OH is 1. The molecule has 1 atom stereocenters. The number of piperazine rings is 1. The van der Waals surface area contributed by atoms with Crippen molar-refractivity contribution in [3.63, 3.8) is 0 Å². The average molecular weight is 315 g/mol. The first kappa shape index (κ1) is 19.2. The summed E-state index contributed by atoms with van der Waals surface area (Å²) >= 11 is 0. The molecule has 1 N–H and O–H groups in total. The molecule has 1 amide bonds. The third-order valence-corrected chi connectivity index (χ3v) is 4.19.